The van der Waals surface area contributed by atoms with E-state index in [-0.39, 0.29) is 23.9 Å². The van der Waals surface area contributed by atoms with Crippen molar-refractivity contribution < 1.29 is 28.6 Å². The Hall–Kier alpha value is -5.96. The van der Waals surface area contributed by atoms with Crippen LogP contribution >= 0.6 is 0 Å². The SMILES string of the molecule is COc1cc2c(cc1OCCCCCOc1cc3c(cc1C)C(=O)N1C=C(c4ccc(C=O)cc4)C[C@H]1CC3)N=C[C@@H]1CC(c3ccc(C)cc3)=CN1C2=O. The Morgan fingerprint density at radius 1 is 0.745 bits per heavy atom. The van der Waals surface area contributed by atoms with Gasteiger partial charge < -0.3 is 24.0 Å². The third-order valence-electron chi connectivity index (χ3n) is 11.1. The van der Waals surface area contributed by atoms with Crippen LogP contribution in [-0.2, 0) is 6.42 Å². The van der Waals surface area contributed by atoms with Gasteiger partial charge in [0.2, 0.25) is 0 Å². The number of benzene rings is 4. The van der Waals surface area contributed by atoms with Gasteiger partial charge in [-0.1, -0.05) is 54.1 Å². The van der Waals surface area contributed by atoms with Gasteiger partial charge in [-0.05, 0) is 104 Å². The first-order chi connectivity index (χ1) is 26.8. The maximum atomic E-state index is 13.7. The predicted octanol–water partition coefficient (Wildman–Crippen LogP) is 8.93. The number of carbonyl (C=O) groups excluding carboxylic acids is 3. The Morgan fingerprint density at radius 3 is 2.15 bits per heavy atom. The first-order valence-corrected chi connectivity index (χ1v) is 19.1. The van der Waals surface area contributed by atoms with Crippen molar-refractivity contribution >= 4 is 41.1 Å². The van der Waals surface area contributed by atoms with Gasteiger partial charge in [0.15, 0.2) is 11.5 Å². The molecule has 4 aliphatic heterocycles. The van der Waals surface area contributed by atoms with Gasteiger partial charge in [0.25, 0.3) is 11.8 Å². The average Bonchev–Trinajstić information content (AvgIpc) is 3.78. The second-order valence-electron chi connectivity index (χ2n) is 14.8. The molecule has 0 aliphatic carbocycles. The normalized spacial score (nSPS) is 18.4. The summed E-state index contributed by atoms with van der Waals surface area (Å²) in [6, 6.07) is 23.5. The van der Waals surface area contributed by atoms with E-state index in [0.717, 1.165) is 89.5 Å². The summed E-state index contributed by atoms with van der Waals surface area (Å²) in [6.45, 7) is 5.11. The molecule has 2 atom stereocenters. The van der Waals surface area contributed by atoms with Crippen LogP contribution in [-0.4, -0.2) is 66.5 Å². The van der Waals surface area contributed by atoms with Crippen LogP contribution in [0.3, 0.4) is 0 Å². The van der Waals surface area contributed by atoms with E-state index in [9.17, 15) is 14.4 Å². The van der Waals surface area contributed by atoms with Gasteiger partial charge in [0.05, 0.1) is 37.6 Å². The zero-order chi connectivity index (χ0) is 38.1. The van der Waals surface area contributed by atoms with E-state index < -0.39 is 0 Å². The first kappa shape index (κ1) is 36.0. The van der Waals surface area contributed by atoms with Crippen LogP contribution in [0, 0.1) is 13.8 Å². The van der Waals surface area contributed by atoms with Crippen molar-refractivity contribution in [3.63, 3.8) is 0 Å². The summed E-state index contributed by atoms with van der Waals surface area (Å²) < 4.78 is 18.1. The van der Waals surface area contributed by atoms with E-state index in [2.05, 4.69) is 37.3 Å². The molecule has 0 saturated heterocycles. The summed E-state index contributed by atoms with van der Waals surface area (Å²) in [5.41, 5.74) is 10.0. The molecule has 280 valence electrons. The van der Waals surface area contributed by atoms with Crippen LogP contribution in [0.4, 0.5) is 5.69 Å². The first-order valence-electron chi connectivity index (χ1n) is 19.1. The molecule has 4 aromatic rings. The Morgan fingerprint density at radius 2 is 1.42 bits per heavy atom. The fraction of sp³-hybridized carbons (Fsp3) is 0.304. The molecule has 0 fully saturated rings. The van der Waals surface area contributed by atoms with Crippen molar-refractivity contribution in [3.8, 4) is 17.2 Å². The van der Waals surface area contributed by atoms with Crippen LogP contribution in [0.15, 0.2) is 90.2 Å². The molecule has 0 unspecified atom stereocenters. The summed E-state index contributed by atoms with van der Waals surface area (Å²) in [6.07, 6.45) is 12.4. The second-order valence-corrected chi connectivity index (χ2v) is 14.8. The number of carbonyl (C=O) groups is 3. The van der Waals surface area contributed by atoms with Crippen molar-refractivity contribution in [2.24, 2.45) is 4.99 Å². The highest BCUT2D eigenvalue weighted by Crippen LogP contribution is 2.41. The van der Waals surface area contributed by atoms with Gasteiger partial charge in [-0.15, -0.1) is 0 Å². The lowest BCUT2D eigenvalue weighted by Gasteiger charge is -2.20. The van der Waals surface area contributed by atoms with Crippen molar-refractivity contribution in [3.05, 3.63) is 130 Å². The number of rotatable bonds is 12. The second kappa shape index (κ2) is 15.4. The van der Waals surface area contributed by atoms with Crippen LogP contribution in [0.2, 0.25) is 0 Å². The summed E-state index contributed by atoms with van der Waals surface area (Å²) in [7, 11) is 1.58. The van der Waals surface area contributed by atoms with Crippen molar-refractivity contribution in [1.29, 1.82) is 0 Å². The fourth-order valence-corrected chi connectivity index (χ4v) is 7.95. The molecular formula is C46H45N3O6. The van der Waals surface area contributed by atoms with Gasteiger partial charge >= 0.3 is 0 Å². The third-order valence-corrected chi connectivity index (χ3v) is 11.1. The molecule has 9 heteroatoms. The van der Waals surface area contributed by atoms with E-state index >= 15 is 0 Å². The van der Waals surface area contributed by atoms with Crippen molar-refractivity contribution in [2.75, 3.05) is 20.3 Å². The maximum absolute atomic E-state index is 13.7. The molecule has 2 amide bonds. The Labute approximate surface area is 321 Å². The molecule has 0 radical (unpaired) electrons. The number of hydrogen-bond acceptors (Lipinski definition) is 7. The largest absolute Gasteiger partial charge is 0.493 e. The van der Waals surface area contributed by atoms with E-state index in [4.69, 9.17) is 19.2 Å². The molecule has 9 nitrogen and oxygen atoms in total. The third kappa shape index (κ3) is 7.31. The van der Waals surface area contributed by atoms with Gasteiger partial charge in [0, 0.05) is 48.3 Å². The molecule has 55 heavy (non-hydrogen) atoms. The van der Waals surface area contributed by atoms with Crippen LogP contribution in [0.5, 0.6) is 17.2 Å². The minimum Gasteiger partial charge on any atom is -0.493 e. The van der Waals surface area contributed by atoms with Crippen molar-refractivity contribution in [1.82, 2.24) is 9.80 Å². The number of amides is 2. The molecule has 0 aromatic heterocycles. The lowest BCUT2D eigenvalue weighted by molar-refractivity contribution is 0.0786. The number of methoxy groups -OCH3 is 1. The van der Waals surface area contributed by atoms with Crippen LogP contribution < -0.4 is 14.2 Å². The number of aliphatic imine (C=N–C) groups is 1. The highest BCUT2D eigenvalue weighted by atomic mass is 16.5. The molecule has 0 bridgehead atoms. The van der Waals surface area contributed by atoms with Crippen LogP contribution in [0.25, 0.3) is 11.1 Å². The van der Waals surface area contributed by atoms with E-state index in [1.807, 2.05) is 60.8 Å². The van der Waals surface area contributed by atoms with Crippen molar-refractivity contribution in [2.45, 2.75) is 70.9 Å². The number of hydrogen-bond donors (Lipinski definition) is 0. The quantitative estimate of drug-likeness (QED) is 0.107. The molecule has 0 saturated carbocycles. The predicted molar refractivity (Wildman–Crippen MR) is 214 cm³/mol. The van der Waals surface area contributed by atoms with Gasteiger partial charge in [0.1, 0.15) is 12.0 Å². The monoisotopic (exact) mass is 735 g/mol. The number of unbranched alkanes of at least 4 members (excludes halogenated alkanes) is 2. The summed E-state index contributed by atoms with van der Waals surface area (Å²) in [5, 5.41) is 0. The molecular weight excluding hydrogens is 691 g/mol. The molecule has 8 rings (SSSR count). The zero-order valence-corrected chi connectivity index (χ0v) is 31.5. The minimum absolute atomic E-state index is 0.0288. The average molecular weight is 736 g/mol. The number of aldehydes is 1. The number of fused-ring (bicyclic) bond motifs is 4. The highest BCUT2D eigenvalue weighted by molar-refractivity contribution is 6.05. The highest BCUT2D eigenvalue weighted by Gasteiger charge is 2.35. The molecule has 0 spiro atoms. The van der Waals surface area contributed by atoms with E-state index in [0.29, 0.717) is 47.9 Å². The lowest BCUT2D eigenvalue weighted by atomic mass is 9.96. The lowest BCUT2D eigenvalue weighted by Crippen LogP contribution is -2.32. The van der Waals surface area contributed by atoms with Crippen LogP contribution in [0.1, 0.15) is 97.4 Å². The molecule has 4 heterocycles. The standard InChI is InChI=1S/C46H45N3O6/c1-29-7-11-32(12-8-29)36-21-38-25-47-41-24-44(43(53-3)23-40(41)46(52)49(38)27-36)55-18-6-4-5-17-54-42-22-34-15-16-37-20-35(33-13-9-31(28-50)10-14-33)26-48(37)45(51)39(34)19-30(42)2/h7-14,19,22-28,37-38H,4-6,15-18,20-21H2,1-3H3/t37-,38+/m1/s1. The van der Waals surface area contributed by atoms with Gasteiger partial charge in [-0.25, -0.2) is 0 Å². The van der Waals surface area contributed by atoms with E-state index in [1.54, 1.807) is 24.1 Å². The maximum Gasteiger partial charge on any atom is 0.260 e. The zero-order valence-electron chi connectivity index (χ0n) is 31.5. The molecule has 0 N–H and O–H groups in total. The Kier molecular flexibility index (Phi) is 10.1. The number of nitrogens with zero attached hydrogens (tertiary/aromatic N) is 3. The minimum atomic E-state index is -0.143. The fourth-order valence-electron chi connectivity index (χ4n) is 7.95. The number of ether oxygens (including phenoxy) is 3. The topological polar surface area (TPSA) is 97.7 Å². The summed E-state index contributed by atoms with van der Waals surface area (Å²) in [4.78, 5) is 46.9. The molecule has 4 aliphatic rings. The number of aryl methyl sites for hydroxylation is 3. The summed E-state index contributed by atoms with van der Waals surface area (Å²) in [5.74, 6) is 1.82. The molecule has 4 aromatic carbocycles. The smallest absolute Gasteiger partial charge is 0.260 e. The summed E-state index contributed by atoms with van der Waals surface area (Å²) >= 11 is 0. The van der Waals surface area contributed by atoms with E-state index in [1.165, 1.54) is 5.56 Å². The Bertz CT molecular complexity index is 2240. The van der Waals surface area contributed by atoms with Gasteiger partial charge in [-0.2, -0.15) is 0 Å². The Balaban J connectivity index is 0.834. The van der Waals surface area contributed by atoms with Gasteiger partial charge in [-0.3, -0.25) is 19.4 Å².